The van der Waals surface area contributed by atoms with Gasteiger partial charge in [0.15, 0.2) is 0 Å². The van der Waals surface area contributed by atoms with E-state index in [9.17, 15) is 4.79 Å². The summed E-state index contributed by atoms with van der Waals surface area (Å²) in [6.07, 6.45) is 6.24. The van der Waals surface area contributed by atoms with Gasteiger partial charge in [0.05, 0.1) is 6.26 Å². The van der Waals surface area contributed by atoms with Gasteiger partial charge in [-0.3, -0.25) is 4.79 Å². The summed E-state index contributed by atoms with van der Waals surface area (Å²) in [6, 6.07) is 11.1. The molecule has 2 rings (SSSR count). The number of carbonyl (C=O) groups is 1. The summed E-state index contributed by atoms with van der Waals surface area (Å²) in [5.41, 5.74) is 1.66. The summed E-state index contributed by atoms with van der Waals surface area (Å²) in [5, 5.41) is 0. The zero-order chi connectivity index (χ0) is 10.5. The van der Waals surface area contributed by atoms with E-state index >= 15 is 0 Å². The number of rotatable bonds is 3. The molecule has 0 aliphatic rings. The molecule has 0 unspecified atom stereocenters. The highest BCUT2D eigenvalue weighted by atomic mass is 16.3. The molecule has 2 aromatic rings. The molecule has 1 aromatic heterocycles. The van der Waals surface area contributed by atoms with Gasteiger partial charge in [-0.1, -0.05) is 24.3 Å². The van der Waals surface area contributed by atoms with Gasteiger partial charge in [-0.2, -0.15) is 0 Å². The first kappa shape index (κ1) is 9.46. The topological polar surface area (TPSA) is 30.2 Å². The lowest BCUT2D eigenvalue weighted by molar-refractivity contribution is 0.112. The molecule has 0 fully saturated rings. The zero-order valence-electron chi connectivity index (χ0n) is 8.09. The molecule has 0 saturated heterocycles. The standard InChI is InChI=1S/C13H10O2/c14-10-12-4-1-3-11(9-12)6-7-13-5-2-8-15-13/h1-10H/b7-6+. The van der Waals surface area contributed by atoms with Crippen molar-refractivity contribution >= 4 is 18.4 Å². The number of hydrogen-bond donors (Lipinski definition) is 0. The highest BCUT2D eigenvalue weighted by molar-refractivity contribution is 5.77. The first-order valence-corrected chi connectivity index (χ1v) is 4.65. The van der Waals surface area contributed by atoms with Crippen molar-refractivity contribution in [1.82, 2.24) is 0 Å². The maximum Gasteiger partial charge on any atom is 0.150 e. The van der Waals surface area contributed by atoms with Crippen molar-refractivity contribution in [2.75, 3.05) is 0 Å². The number of aldehydes is 1. The molecule has 0 aliphatic heterocycles. The second kappa shape index (κ2) is 4.42. The number of furan rings is 1. The van der Waals surface area contributed by atoms with Gasteiger partial charge in [-0.25, -0.2) is 0 Å². The van der Waals surface area contributed by atoms with Crippen LogP contribution in [-0.2, 0) is 0 Å². The van der Waals surface area contributed by atoms with Crippen molar-refractivity contribution in [2.45, 2.75) is 0 Å². The summed E-state index contributed by atoms with van der Waals surface area (Å²) < 4.78 is 5.16. The Morgan fingerprint density at radius 1 is 1.00 bits per heavy atom. The van der Waals surface area contributed by atoms with Crippen LogP contribution >= 0.6 is 0 Å². The van der Waals surface area contributed by atoms with Crippen LogP contribution in [0.1, 0.15) is 21.7 Å². The van der Waals surface area contributed by atoms with Gasteiger partial charge in [0.2, 0.25) is 0 Å². The molecular formula is C13H10O2. The van der Waals surface area contributed by atoms with Crippen LogP contribution in [0.25, 0.3) is 12.2 Å². The summed E-state index contributed by atoms with van der Waals surface area (Å²) >= 11 is 0. The summed E-state index contributed by atoms with van der Waals surface area (Å²) in [7, 11) is 0. The second-order valence-corrected chi connectivity index (χ2v) is 3.14. The Labute approximate surface area is 87.8 Å². The van der Waals surface area contributed by atoms with Crippen LogP contribution < -0.4 is 0 Å². The minimum Gasteiger partial charge on any atom is -0.465 e. The van der Waals surface area contributed by atoms with Gasteiger partial charge in [-0.15, -0.1) is 0 Å². The minimum atomic E-state index is 0.677. The van der Waals surface area contributed by atoms with Crippen LogP contribution in [0.15, 0.2) is 47.1 Å². The van der Waals surface area contributed by atoms with Crippen LogP contribution in [0, 0.1) is 0 Å². The summed E-state index contributed by atoms with van der Waals surface area (Å²) in [6.45, 7) is 0. The van der Waals surface area contributed by atoms with Gasteiger partial charge in [-0.05, 0) is 29.8 Å². The Hall–Kier alpha value is -2.09. The van der Waals surface area contributed by atoms with E-state index in [2.05, 4.69) is 0 Å². The third-order valence-electron chi connectivity index (χ3n) is 2.03. The van der Waals surface area contributed by atoms with Crippen LogP contribution in [0.5, 0.6) is 0 Å². The highest BCUT2D eigenvalue weighted by Gasteiger charge is 1.92. The van der Waals surface area contributed by atoms with Crippen molar-refractivity contribution in [3.63, 3.8) is 0 Å². The first-order chi connectivity index (χ1) is 7.38. The SMILES string of the molecule is O=Cc1cccc(/C=C/c2ccco2)c1. The molecule has 2 nitrogen and oxygen atoms in total. The van der Waals surface area contributed by atoms with Crippen molar-refractivity contribution in [1.29, 1.82) is 0 Å². The van der Waals surface area contributed by atoms with Crippen LogP contribution in [0.4, 0.5) is 0 Å². The zero-order valence-corrected chi connectivity index (χ0v) is 8.09. The lowest BCUT2D eigenvalue weighted by Gasteiger charge is -1.93. The first-order valence-electron chi connectivity index (χ1n) is 4.65. The molecule has 0 aliphatic carbocycles. The summed E-state index contributed by atoms with van der Waals surface area (Å²) in [5.74, 6) is 0.798. The lowest BCUT2D eigenvalue weighted by Crippen LogP contribution is -1.79. The molecule has 0 bridgehead atoms. The molecule has 1 heterocycles. The molecule has 0 radical (unpaired) electrons. The van der Waals surface area contributed by atoms with Crippen LogP contribution in [0.3, 0.4) is 0 Å². The predicted molar refractivity (Wildman–Crippen MR) is 59.5 cm³/mol. The fraction of sp³-hybridized carbons (Fsp3) is 0. The number of carbonyl (C=O) groups excluding carboxylic acids is 1. The van der Waals surface area contributed by atoms with E-state index in [0.717, 1.165) is 17.6 Å². The van der Waals surface area contributed by atoms with Gasteiger partial charge in [0.1, 0.15) is 12.0 Å². The Morgan fingerprint density at radius 3 is 2.60 bits per heavy atom. The molecular weight excluding hydrogens is 188 g/mol. The van der Waals surface area contributed by atoms with Gasteiger partial charge >= 0.3 is 0 Å². The average molecular weight is 198 g/mol. The van der Waals surface area contributed by atoms with Crippen LogP contribution in [0.2, 0.25) is 0 Å². The maximum atomic E-state index is 10.5. The molecule has 15 heavy (non-hydrogen) atoms. The van der Waals surface area contributed by atoms with Crippen molar-refractivity contribution in [3.05, 3.63) is 59.5 Å². The smallest absolute Gasteiger partial charge is 0.150 e. The monoisotopic (exact) mass is 198 g/mol. The fourth-order valence-corrected chi connectivity index (χ4v) is 1.30. The molecule has 74 valence electrons. The fourth-order valence-electron chi connectivity index (χ4n) is 1.30. The van der Waals surface area contributed by atoms with Crippen LogP contribution in [-0.4, -0.2) is 6.29 Å². The summed E-state index contributed by atoms with van der Waals surface area (Å²) in [4.78, 5) is 10.5. The molecule has 0 N–H and O–H groups in total. The third kappa shape index (κ3) is 2.44. The van der Waals surface area contributed by atoms with E-state index < -0.39 is 0 Å². The molecule has 0 saturated carbocycles. The predicted octanol–water partition coefficient (Wildman–Crippen LogP) is 3.26. The normalized spacial score (nSPS) is 10.7. The van der Waals surface area contributed by atoms with Gasteiger partial charge in [0, 0.05) is 5.56 Å². The van der Waals surface area contributed by atoms with Gasteiger partial charge < -0.3 is 4.42 Å². The molecule has 0 atom stereocenters. The van der Waals surface area contributed by atoms with Crippen molar-refractivity contribution < 1.29 is 9.21 Å². The van der Waals surface area contributed by atoms with E-state index in [4.69, 9.17) is 4.42 Å². The highest BCUT2D eigenvalue weighted by Crippen LogP contribution is 2.09. The molecule has 1 aromatic carbocycles. The minimum absolute atomic E-state index is 0.677. The lowest BCUT2D eigenvalue weighted by atomic mass is 10.1. The number of benzene rings is 1. The van der Waals surface area contributed by atoms with E-state index in [-0.39, 0.29) is 0 Å². The quantitative estimate of drug-likeness (QED) is 0.708. The van der Waals surface area contributed by atoms with Crippen molar-refractivity contribution in [3.8, 4) is 0 Å². The van der Waals surface area contributed by atoms with E-state index in [1.165, 1.54) is 0 Å². The third-order valence-corrected chi connectivity index (χ3v) is 2.03. The van der Waals surface area contributed by atoms with E-state index in [0.29, 0.717) is 5.56 Å². The van der Waals surface area contributed by atoms with Crippen molar-refractivity contribution in [2.24, 2.45) is 0 Å². The Morgan fingerprint density at radius 2 is 1.87 bits per heavy atom. The molecule has 2 heteroatoms. The molecule has 0 spiro atoms. The molecule has 0 amide bonds. The van der Waals surface area contributed by atoms with E-state index in [1.54, 1.807) is 12.3 Å². The Kier molecular flexibility index (Phi) is 2.79. The van der Waals surface area contributed by atoms with Gasteiger partial charge in [0.25, 0.3) is 0 Å². The second-order valence-electron chi connectivity index (χ2n) is 3.14. The maximum absolute atomic E-state index is 10.5. The average Bonchev–Trinajstić information content (AvgIpc) is 2.79. The Balaban J connectivity index is 2.20. The number of hydrogen-bond acceptors (Lipinski definition) is 2. The largest absolute Gasteiger partial charge is 0.465 e. The van der Waals surface area contributed by atoms with E-state index in [1.807, 2.05) is 42.5 Å². The Bertz CT molecular complexity index is 467.